The van der Waals surface area contributed by atoms with Gasteiger partial charge < -0.3 is 24.8 Å². The Hall–Kier alpha value is -2.57. The normalized spacial score (nSPS) is 19.5. The van der Waals surface area contributed by atoms with Crippen LogP contribution in [0.1, 0.15) is 24.1 Å². The molecule has 2 N–H and O–H groups in total. The van der Waals surface area contributed by atoms with Crippen LogP contribution in [-0.2, 0) is 16.0 Å². The number of hydrogen-bond donors (Lipinski definition) is 2. The topological polar surface area (TPSA) is 83.0 Å². The van der Waals surface area contributed by atoms with Crippen molar-refractivity contribution in [3.63, 3.8) is 0 Å². The SMILES string of the molecule is CC(Nc1cc(F)cc(F)c1)c1cc(CN2CCO[C@H](CO)C2)cc2ncc(N3CCOCC3)nc12.S. The third-order valence-corrected chi connectivity index (χ3v) is 6.60. The molecule has 200 valence electrons. The molecule has 0 saturated carbocycles. The molecule has 3 aromatic rings. The average Bonchev–Trinajstić information content (AvgIpc) is 2.88. The lowest BCUT2D eigenvalue weighted by atomic mass is 10.0. The van der Waals surface area contributed by atoms with E-state index in [2.05, 4.69) is 21.2 Å². The number of aliphatic hydroxyl groups excluding tert-OH is 1. The molecule has 0 amide bonds. The van der Waals surface area contributed by atoms with Crippen LogP contribution in [0.5, 0.6) is 0 Å². The molecule has 0 bridgehead atoms. The Morgan fingerprint density at radius 3 is 2.57 bits per heavy atom. The highest BCUT2D eigenvalue weighted by molar-refractivity contribution is 7.59. The van der Waals surface area contributed by atoms with Gasteiger partial charge in [0.05, 0.1) is 55.8 Å². The Bertz CT molecular complexity index is 1190. The number of nitrogens with one attached hydrogen (secondary N) is 1. The molecule has 1 unspecified atom stereocenters. The summed E-state index contributed by atoms with van der Waals surface area (Å²) in [7, 11) is 0. The second kappa shape index (κ2) is 12.3. The lowest BCUT2D eigenvalue weighted by Crippen LogP contribution is -2.43. The van der Waals surface area contributed by atoms with Gasteiger partial charge in [0.1, 0.15) is 17.5 Å². The van der Waals surface area contributed by atoms with Crippen molar-refractivity contribution in [1.82, 2.24) is 14.9 Å². The number of morpholine rings is 2. The Balaban J connectivity index is 0.00000320. The zero-order valence-corrected chi connectivity index (χ0v) is 21.8. The monoisotopic (exact) mass is 533 g/mol. The standard InChI is InChI=1S/C26H31F2N5O3.H2S/c1-17(30-21-11-19(27)10-20(28)12-21)23-8-18(14-32-2-7-36-22(15-32)16-34)9-24-26(23)31-25(13-29-24)33-3-5-35-6-4-33;/h8-13,17,22,30,34H,2-7,14-16H2,1H3;1H2/t17?,22-;/m0./s1. The van der Waals surface area contributed by atoms with Crippen molar-refractivity contribution < 1.29 is 23.4 Å². The average molecular weight is 534 g/mol. The number of anilines is 2. The second-order valence-electron chi connectivity index (χ2n) is 9.32. The summed E-state index contributed by atoms with van der Waals surface area (Å²) in [5, 5.41) is 12.7. The molecule has 5 rings (SSSR count). The number of benzene rings is 2. The van der Waals surface area contributed by atoms with Gasteiger partial charge in [0.25, 0.3) is 0 Å². The largest absolute Gasteiger partial charge is 0.394 e. The molecule has 0 spiro atoms. The molecule has 37 heavy (non-hydrogen) atoms. The van der Waals surface area contributed by atoms with Gasteiger partial charge in [-0.2, -0.15) is 13.5 Å². The zero-order chi connectivity index (χ0) is 25.1. The van der Waals surface area contributed by atoms with Crippen LogP contribution in [0.25, 0.3) is 11.0 Å². The maximum atomic E-state index is 13.8. The predicted molar refractivity (Wildman–Crippen MR) is 143 cm³/mol. The van der Waals surface area contributed by atoms with Gasteiger partial charge in [-0.05, 0) is 30.7 Å². The van der Waals surface area contributed by atoms with E-state index in [9.17, 15) is 13.9 Å². The summed E-state index contributed by atoms with van der Waals surface area (Å²) in [6.45, 7) is 7.34. The summed E-state index contributed by atoms with van der Waals surface area (Å²) < 4.78 is 38.7. The number of rotatable bonds is 7. The molecule has 2 aliphatic heterocycles. The van der Waals surface area contributed by atoms with E-state index in [0.717, 1.165) is 53.7 Å². The van der Waals surface area contributed by atoms with Gasteiger partial charge in [0.15, 0.2) is 0 Å². The van der Waals surface area contributed by atoms with Gasteiger partial charge >= 0.3 is 0 Å². The van der Waals surface area contributed by atoms with E-state index < -0.39 is 11.6 Å². The molecule has 2 saturated heterocycles. The minimum Gasteiger partial charge on any atom is -0.394 e. The van der Waals surface area contributed by atoms with Crippen molar-refractivity contribution in [3.05, 3.63) is 59.3 Å². The first-order valence-corrected chi connectivity index (χ1v) is 12.3. The number of halogens is 2. The Labute approximate surface area is 222 Å². The minimum absolute atomic E-state index is 0. The number of aromatic nitrogens is 2. The van der Waals surface area contributed by atoms with Crippen LogP contribution in [0, 0.1) is 11.6 Å². The predicted octanol–water partition coefficient (Wildman–Crippen LogP) is 3.22. The van der Waals surface area contributed by atoms with Gasteiger partial charge in [0, 0.05) is 50.0 Å². The van der Waals surface area contributed by atoms with Crippen molar-refractivity contribution >= 4 is 36.0 Å². The van der Waals surface area contributed by atoms with Crippen molar-refractivity contribution in [2.45, 2.75) is 25.6 Å². The smallest absolute Gasteiger partial charge is 0.148 e. The molecule has 0 aliphatic carbocycles. The molecule has 0 radical (unpaired) electrons. The lowest BCUT2D eigenvalue weighted by Gasteiger charge is -2.32. The van der Waals surface area contributed by atoms with Crippen LogP contribution < -0.4 is 10.2 Å². The van der Waals surface area contributed by atoms with Crippen LogP contribution >= 0.6 is 13.5 Å². The van der Waals surface area contributed by atoms with Crippen LogP contribution in [-0.4, -0.2) is 78.7 Å². The number of fused-ring (bicyclic) bond motifs is 1. The van der Waals surface area contributed by atoms with Gasteiger partial charge in [-0.1, -0.05) is 6.07 Å². The quantitative estimate of drug-likeness (QED) is 0.479. The summed E-state index contributed by atoms with van der Waals surface area (Å²) in [4.78, 5) is 14.1. The molecule has 8 nitrogen and oxygen atoms in total. The first kappa shape index (κ1) is 27.5. The van der Waals surface area contributed by atoms with E-state index in [1.165, 1.54) is 12.1 Å². The van der Waals surface area contributed by atoms with E-state index >= 15 is 0 Å². The van der Waals surface area contributed by atoms with Crippen LogP contribution in [0.2, 0.25) is 0 Å². The summed E-state index contributed by atoms with van der Waals surface area (Å²) in [6, 6.07) is 7.23. The molecule has 2 fully saturated rings. The van der Waals surface area contributed by atoms with Gasteiger partial charge in [-0.15, -0.1) is 0 Å². The van der Waals surface area contributed by atoms with Crippen LogP contribution in [0.3, 0.4) is 0 Å². The highest BCUT2D eigenvalue weighted by atomic mass is 32.1. The van der Waals surface area contributed by atoms with E-state index in [0.29, 0.717) is 38.6 Å². The third-order valence-electron chi connectivity index (χ3n) is 6.60. The summed E-state index contributed by atoms with van der Waals surface area (Å²) >= 11 is 0. The maximum Gasteiger partial charge on any atom is 0.148 e. The van der Waals surface area contributed by atoms with E-state index in [1.54, 1.807) is 6.20 Å². The summed E-state index contributed by atoms with van der Waals surface area (Å²) in [6.07, 6.45) is 1.59. The Kier molecular flexibility index (Phi) is 9.14. The molecule has 1 aromatic heterocycles. The van der Waals surface area contributed by atoms with Crippen molar-refractivity contribution in [3.8, 4) is 0 Å². The van der Waals surface area contributed by atoms with Gasteiger partial charge in [-0.3, -0.25) is 9.88 Å². The third kappa shape index (κ3) is 6.66. The van der Waals surface area contributed by atoms with Crippen molar-refractivity contribution in [2.75, 3.05) is 62.8 Å². The van der Waals surface area contributed by atoms with Gasteiger partial charge in [-0.25, -0.2) is 13.8 Å². The van der Waals surface area contributed by atoms with E-state index in [4.69, 9.17) is 19.4 Å². The van der Waals surface area contributed by atoms with Crippen LogP contribution in [0.15, 0.2) is 36.5 Å². The fourth-order valence-electron chi connectivity index (χ4n) is 4.82. The molecule has 2 aromatic carbocycles. The molecule has 3 heterocycles. The second-order valence-corrected chi connectivity index (χ2v) is 9.32. The molecule has 2 aliphatic rings. The first-order valence-electron chi connectivity index (χ1n) is 12.3. The summed E-state index contributed by atoms with van der Waals surface area (Å²) in [5.74, 6) is -0.491. The number of hydrogen-bond acceptors (Lipinski definition) is 8. The fraction of sp³-hybridized carbons (Fsp3) is 0.462. The Morgan fingerprint density at radius 2 is 1.84 bits per heavy atom. The first-order chi connectivity index (χ1) is 17.5. The molecule has 11 heteroatoms. The molecule has 2 atom stereocenters. The molecular weight excluding hydrogens is 500 g/mol. The highest BCUT2D eigenvalue weighted by Crippen LogP contribution is 2.29. The van der Waals surface area contributed by atoms with Gasteiger partial charge in [0.2, 0.25) is 0 Å². The Morgan fingerprint density at radius 1 is 1.08 bits per heavy atom. The maximum absolute atomic E-state index is 13.8. The van der Waals surface area contributed by atoms with Crippen molar-refractivity contribution in [2.24, 2.45) is 0 Å². The lowest BCUT2D eigenvalue weighted by molar-refractivity contribution is -0.0550. The minimum atomic E-state index is -0.636. The van der Waals surface area contributed by atoms with E-state index in [-0.39, 0.29) is 32.2 Å². The zero-order valence-electron chi connectivity index (χ0n) is 20.8. The van der Waals surface area contributed by atoms with E-state index in [1.807, 2.05) is 13.0 Å². The number of ether oxygens (including phenoxy) is 2. The number of nitrogens with zero attached hydrogens (tertiary/aromatic N) is 4. The van der Waals surface area contributed by atoms with Crippen molar-refractivity contribution in [1.29, 1.82) is 0 Å². The summed E-state index contributed by atoms with van der Waals surface area (Å²) in [5.41, 5.74) is 3.79. The number of aliphatic hydroxyl groups is 1. The molecular formula is C26H33F2N5O3S. The fourth-order valence-corrected chi connectivity index (χ4v) is 4.82. The highest BCUT2D eigenvalue weighted by Gasteiger charge is 2.22. The van der Waals surface area contributed by atoms with Crippen LogP contribution in [0.4, 0.5) is 20.3 Å².